The fourth-order valence-corrected chi connectivity index (χ4v) is 4.32. The Kier molecular flexibility index (Phi) is 13.7. The second kappa shape index (κ2) is 14.8. The summed E-state index contributed by atoms with van der Waals surface area (Å²) in [6.07, 6.45) is -2.33. The highest BCUT2D eigenvalue weighted by atomic mass is 32.2. The van der Waals surface area contributed by atoms with Crippen LogP contribution in [0.5, 0.6) is 11.5 Å². The Morgan fingerprint density at radius 3 is 1.11 bits per heavy atom. The van der Waals surface area contributed by atoms with E-state index >= 15 is 0 Å². The number of nitrogens with zero attached hydrogens (tertiary/aromatic N) is 2. The lowest BCUT2D eigenvalue weighted by Gasteiger charge is -2.27. The van der Waals surface area contributed by atoms with Gasteiger partial charge < -0.3 is 33.4 Å². The van der Waals surface area contributed by atoms with Gasteiger partial charge in [-0.05, 0) is 30.4 Å². The van der Waals surface area contributed by atoms with E-state index in [4.69, 9.17) is 33.6 Å². The molecule has 0 amide bonds. The molecule has 2 aromatic rings. The van der Waals surface area contributed by atoms with E-state index in [0.29, 0.717) is 20.5 Å². The van der Waals surface area contributed by atoms with Crippen molar-refractivity contribution in [3.05, 3.63) is 60.7 Å². The first-order chi connectivity index (χ1) is 17.1. The molecular weight excluding hydrogens is 544 g/mol. The molecule has 2 N–H and O–H groups in total. The first-order valence-corrected chi connectivity index (χ1v) is 14.0. The van der Waals surface area contributed by atoms with Crippen LogP contribution < -0.4 is 19.7 Å². The number of para-hydroxylation sites is 2. The SMILES string of the molecule is C[N+](C)(C)CC(Oc1ccccc1)S(=O)(=O)O.C[N+](C)(C)CC(Oc1ccccc1)S(=O)(=O)O.O=C([O-])[O-]. The van der Waals surface area contributed by atoms with Crippen LogP contribution in [0.3, 0.4) is 0 Å². The number of benzene rings is 2. The summed E-state index contributed by atoms with van der Waals surface area (Å²) < 4.78 is 74.6. The lowest BCUT2D eigenvalue weighted by molar-refractivity contribution is -0.871. The number of likely N-dealkylation sites (N-methyl/N-ethyl adjacent to an activating group) is 2. The summed E-state index contributed by atoms with van der Waals surface area (Å²) in [6, 6.07) is 17.1. The van der Waals surface area contributed by atoms with Crippen molar-refractivity contribution in [2.24, 2.45) is 0 Å². The third kappa shape index (κ3) is 18.3. The largest absolute Gasteiger partial charge is 0.652 e. The highest BCUT2D eigenvalue weighted by Crippen LogP contribution is 2.16. The minimum absolute atomic E-state index is 0.160. The first-order valence-electron chi connectivity index (χ1n) is 10.9. The Bertz CT molecular complexity index is 1080. The highest BCUT2D eigenvalue weighted by Gasteiger charge is 2.32. The van der Waals surface area contributed by atoms with E-state index < -0.39 is 37.3 Å². The fourth-order valence-electron chi connectivity index (χ4n) is 2.58. The van der Waals surface area contributed by atoms with Gasteiger partial charge in [-0.3, -0.25) is 9.11 Å². The van der Waals surface area contributed by atoms with Gasteiger partial charge in [-0.15, -0.1) is 0 Å². The van der Waals surface area contributed by atoms with E-state index in [-0.39, 0.29) is 13.1 Å². The number of carbonyl (C=O) groups excluding carboxylic acids is 1. The van der Waals surface area contributed by atoms with E-state index in [0.717, 1.165) is 0 Å². The Hall–Kier alpha value is -2.95. The molecule has 0 fully saturated rings. The van der Waals surface area contributed by atoms with E-state index in [1.807, 2.05) is 42.3 Å². The summed E-state index contributed by atoms with van der Waals surface area (Å²) in [5, 5.41) is 16.7. The van der Waals surface area contributed by atoms with Gasteiger partial charge in [0.1, 0.15) is 24.6 Å². The zero-order valence-corrected chi connectivity index (χ0v) is 23.8. The molecule has 0 bridgehead atoms. The second-order valence-electron chi connectivity index (χ2n) is 9.95. The molecule has 0 aliphatic carbocycles. The summed E-state index contributed by atoms with van der Waals surface area (Å²) in [6.45, 7) is 0.321. The standard InChI is InChI=1S/2C11H17NO4S.CH2O3/c2*1-12(2,3)9-11(17(13,14)15)16-10-7-5-4-6-8-10;2-1(3)4/h2*4-8,11H,9H2,1-3H3;(H2,2,3,4). The minimum Gasteiger partial charge on any atom is -0.652 e. The first kappa shape index (κ1) is 35.0. The summed E-state index contributed by atoms with van der Waals surface area (Å²) >= 11 is 0. The maximum absolute atomic E-state index is 11.2. The van der Waals surface area contributed by atoms with Crippen molar-refractivity contribution in [1.82, 2.24) is 0 Å². The van der Waals surface area contributed by atoms with Crippen LogP contribution in [-0.4, -0.2) is 107 Å². The van der Waals surface area contributed by atoms with Crippen molar-refractivity contribution in [1.29, 1.82) is 0 Å². The molecule has 15 heteroatoms. The number of quaternary nitrogens is 2. The predicted molar refractivity (Wildman–Crippen MR) is 136 cm³/mol. The maximum Gasteiger partial charge on any atom is 0.309 e. The van der Waals surface area contributed by atoms with Gasteiger partial charge in [0.15, 0.2) is 0 Å². The molecule has 0 radical (unpaired) electrons. The van der Waals surface area contributed by atoms with Crippen LogP contribution in [-0.2, 0) is 20.2 Å². The summed E-state index contributed by atoms with van der Waals surface area (Å²) in [5.74, 6) is 0.840. The van der Waals surface area contributed by atoms with Crippen LogP contribution in [0.25, 0.3) is 0 Å². The van der Waals surface area contributed by atoms with E-state index in [1.54, 1.807) is 60.7 Å². The molecule has 2 atom stereocenters. The van der Waals surface area contributed by atoms with Gasteiger partial charge in [-0.25, -0.2) is 0 Å². The Balaban J connectivity index is 0.000000632. The van der Waals surface area contributed by atoms with E-state index in [9.17, 15) is 16.8 Å². The Labute approximate surface area is 224 Å². The van der Waals surface area contributed by atoms with Crippen LogP contribution >= 0.6 is 0 Å². The number of hydrogen-bond donors (Lipinski definition) is 2. The predicted octanol–water partition coefficient (Wildman–Crippen LogP) is -0.476. The maximum atomic E-state index is 11.2. The second-order valence-corrected chi connectivity index (χ2v) is 13.1. The normalized spacial score (nSPS) is 13.5. The van der Waals surface area contributed by atoms with Crippen molar-refractivity contribution in [2.45, 2.75) is 10.9 Å². The van der Waals surface area contributed by atoms with Crippen molar-refractivity contribution in [3.63, 3.8) is 0 Å². The summed E-state index contributed by atoms with van der Waals surface area (Å²) in [7, 11) is 2.49. The molecule has 0 spiro atoms. The van der Waals surface area contributed by atoms with Gasteiger partial charge >= 0.3 is 20.2 Å². The molecule has 2 rings (SSSR count). The smallest absolute Gasteiger partial charge is 0.309 e. The van der Waals surface area contributed by atoms with Gasteiger partial charge in [0.25, 0.3) is 10.9 Å². The molecule has 0 aliphatic rings. The highest BCUT2D eigenvalue weighted by molar-refractivity contribution is 7.86. The molecule has 13 nitrogen and oxygen atoms in total. The number of ether oxygens (including phenoxy) is 2. The van der Waals surface area contributed by atoms with Crippen molar-refractivity contribution < 1.29 is 59.4 Å². The van der Waals surface area contributed by atoms with Gasteiger partial charge in [-0.2, -0.15) is 16.8 Å². The molecule has 0 saturated heterocycles. The van der Waals surface area contributed by atoms with Gasteiger partial charge in [0, 0.05) is 0 Å². The summed E-state index contributed by atoms with van der Waals surface area (Å²) in [4.78, 5) is 8.33. The fraction of sp³-hybridized carbons (Fsp3) is 0.435. The average molecular weight is 581 g/mol. The lowest BCUT2D eigenvalue weighted by Crippen LogP contribution is -2.46. The van der Waals surface area contributed by atoms with E-state index in [1.165, 1.54) is 0 Å². The number of hydrogen-bond acceptors (Lipinski definition) is 9. The quantitative estimate of drug-likeness (QED) is 0.273. The van der Waals surface area contributed by atoms with Crippen LogP contribution in [0.1, 0.15) is 0 Å². The molecule has 0 heterocycles. The van der Waals surface area contributed by atoms with Crippen LogP contribution in [0.4, 0.5) is 4.79 Å². The molecular formula is C23H36N2O11S2. The average Bonchev–Trinajstić information content (AvgIpc) is 2.71. The monoisotopic (exact) mass is 580 g/mol. The Morgan fingerprint density at radius 2 is 0.921 bits per heavy atom. The zero-order chi connectivity index (χ0) is 29.8. The summed E-state index contributed by atoms with van der Waals surface area (Å²) in [5.41, 5.74) is -2.52. The minimum atomic E-state index is -4.23. The molecule has 216 valence electrons. The van der Waals surface area contributed by atoms with Crippen LogP contribution in [0, 0.1) is 0 Å². The van der Waals surface area contributed by atoms with Crippen molar-refractivity contribution >= 4 is 26.4 Å². The molecule has 0 aromatic heterocycles. The number of carboxylic acid groups (broad SMARTS) is 2. The number of rotatable bonds is 10. The molecule has 2 aromatic carbocycles. The topological polar surface area (TPSA) is 190 Å². The third-order valence-corrected chi connectivity index (χ3v) is 5.90. The molecule has 38 heavy (non-hydrogen) atoms. The molecule has 0 aliphatic heterocycles. The van der Waals surface area contributed by atoms with Gasteiger partial charge in [0.2, 0.25) is 0 Å². The van der Waals surface area contributed by atoms with Crippen molar-refractivity contribution in [2.75, 3.05) is 55.4 Å². The van der Waals surface area contributed by atoms with Crippen LogP contribution in [0.2, 0.25) is 0 Å². The Morgan fingerprint density at radius 1 is 0.684 bits per heavy atom. The molecule has 2 unspecified atom stereocenters. The van der Waals surface area contributed by atoms with Gasteiger partial charge in [0.05, 0.1) is 42.3 Å². The molecule has 0 saturated carbocycles. The van der Waals surface area contributed by atoms with Crippen molar-refractivity contribution in [3.8, 4) is 11.5 Å². The third-order valence-electron chi connectivity index (χ3n) is 4.08. The van der Waals surface area contributed by atoms with E-state index in [2.05, 4.69) is 0 Å². The zero-order valence-electron chi connectivity index (χ0n) is 22.1. The van der Waals surface area contributed by atoms with Crippen LogP contribution in [0.15, 0.2) is 60.7 Å². The lowest BCUT2D eigenvalue weighted by atomic mass is 10.3. The number of carbonyl (C=O) groups is 1. The van der Waals surface area contributed by atoms with Gasteiger partial charge in [-0.1, -0.05) is 36.4 Å².